The number of aliphatic carboxylic acids is 2. The Morgan fingerprint density at radius 2 is 0.895 bits per heavy atom. The van der Waals surface area contributed by atoms with Crippen molar-refractivity contribution in [1.82, 2.24) is 0 Å². The number of carbonyl (C=O) groups is 4. The first-order chi connectivity index (χ1) is 18.3. The zero-order chi connectivity index (χ0) is 28.4. The molecule has 0 aromatic heterocycles. The molecule has 0 radical (unpaired) electrons. The summed E-state index contributed by atoms with van der Waals surface area (Å²) in [6, 6.07) is 6.74. The van der Waals surface area contributed by atoms with E-state index in [1.54, 1.807) is 24.3 Å². The third kappa shape index (κ3) is 20.2. The lowest BCUT2D eigenvalue weighted by Gasteiger charge is -2.10. The van der Waals surface area contributed by atoms with Crippen LogP contribution in [0.25, 0.3) is 0 Å². The van der Waals surface area contributed by atoms with Crippen LogP contribution in [0.5, 0.6) is 0 Å². The van der Waals surface area contributed by atoms with Gasteiger partial charge in [-0.25, -0.2) is 9.59 Å². The third-order valence-corrected chi connectivity index (χ3v) is 5.86. The SMILES string of the molecule is CCCCCCCCOC(=O)c1ccccc1C(=O)OCCCCCCCC.O=C(O)CCCCC(=O)O. The molecule has 1 aromatic carbocycles. The van der Waals surface area contributed by atoms with Crippen LogP contribution in [0, 0.1) is 0 Å². The summed E-state index contributed by atoms with van der Waals surface area (Å²) in [6.45, 7) is 5.17. The molecule has 0 aliphatic heterocycles. The summed E-state index contributed by atoms with van der Waals surface area (Å²) in [5, 5.41) is 16.3. The summed E-state index contributed by atoms with van der Waals surface area (Å²) >= 11 is 0. The highest BCUT2D eigenvalue weighted by atomic mass is 16.5. The number of unbranched alkanes of at least 4 members (excludes halogenated alkanes) is 11. The van der Waals surface area contributed by atoms with E-state index in [-0.39, 0.29) is 12.8 Å². The second-order valence-electron chi connectivity index (χ2n) is 9.35. The first kappa shape index (κ1) is 35.1. The first-order valence-corrected chi connectivity index (χ1v) is 14.2. The molecule has 216 valence electrons. The zero-order valence-corrected chi connectivity index (χ0v) is 23.4. The predicted molar refractivity (Wildman–Crippen MR) is 147 cm³/mol. The Bertz CT molecular complexity index is 725. The van der Waals surface area contributed by atoms with Gasteiger partial charge in [0, 0.05) is 12.8 Å². The molecule has 0 aliphatic carbocycles. The maximum absolute atomic E-state index is 12.4. The quantitative estimate of drug-likeness (QED) is 0.123. The Morgan fingerprint density at radius 1 is 0.553 bits per heavy atom. The number of benzene rings is 1. The van der Waals surface area contributed by atoms with E-state index in [4.69, 9.17) is 19.7 Å². The molecular weight excluding hydrogens is 488 g/mol. The maximum atomic E-state index is 12.4. The van der Waals surface area contributed by atoms with Gasteiger partial charge in [-0.15, -0.1) is 0 Å². The summed E-state index contributed by atoms with van der Waals surface area (Å²) < 4.78 is 10.7. The van der Waals surface area contributed by atoms with Crippen molar-refractivity contribution in [3.8, 4) is 0 Å². The van der Waals surface area contributed by atoms with Gasteiger partial charge in [0.05, 0.1) is 24.3 Å². The second-order valence-corrected chi connectivity index (χ2v) is 9.35. The standard InChI is InChI=1S/C24H38O4.C6H10O4/c1-3-5-7-9-11-15-19-27-23(25)21-17-13-14-18-22(21)24(26)28-20-16-12-10-8-6-4-2;7-5(8)3-1-2-4-6(9)10/h13-14,17-18H,3-12,15-16,19-20H2,1-2H3;1-4H2,(H,7,8)(H,9,10). The average Bonchev–Trinajstić information content (AvgIpc) is 2.90. The fourth-order valence-corrected chi connectivity index (χ4v) is 3.64. The molecule has 1 aromatic rings. The number of carbonyl (C=O) groups excluding carboxylic acids is 2. The van der Waals surface area contributed by atoms with Gasteiger partial charge in [0.2, 0.25) is 0 Å². The molecule has 0 amide bonds. The minimum atomic E-state index is -0.870. The zero-order valence-electron chi connectivity index (χ0n) is 23.4. The maximum Gasteiger partial charge on any atom is 0.339 e. The van der Waals surface area contributed by atoms with Crippen molar-refractivity contribution in [3.05, 3.63) is 35.4 Å². The molecule has 8 heteroatoms. The van der Waals surface area contributed by atoms with Crippen LogP contribution in [-0.2, 0) is 19.1 Å². The smallest absolute Gasteiger partial charge is 0.339 e. The molecular formula is C30H48O8. The normalized spacial score (nSPS) is 10.3. The Balaban J connectivity index is 0.00000115. The number of carboxylic acids is 2. The molecule has 0 saturated carbocycles. The Morgan fingerprint density at radius 3 is 1.24 bits per heavy atom. The van der Waals surface area contributed by atoms with Crippen LogP contribution in [0.1, 0.15) is 137 Å². The number of ether oxygens (including phenoxy) is 2. The Labute approximate surface area is 228 Å². The summed E-state index contributed by atoms with van der Waals surface area (Å²) in [5.41, 5.74) is 0.586. The van der Waals surface area contributed by atoms with Crippen LogP contribution in [0.4, 0.5) is 0 Å². The van der Waals surface area contributed by atoms with Gasteiger partial charge in [0.25, 0.3) is 0 Å². The van der Waals surface area contributed by atoms with E-state index in [2.05, 4.69) is 13.8 Å². The second kappa shape index (κ2) is 24.4. The van der Waals surface area contributed by atoms with Crippen molar-refractivity contribution in [3.63, 3.8) is 0 Å². The van der Waals surface area contributed by atoms with Crippen molar-refractivity contribution < 1.29 is 38.9 Å². The lowest BCUT2D eigenvalue weighted by molar-refractivity contribution is -0.139. The predicted octanol–water partition coefficient (Wildman–Crippen LogP) is 7.44. The molecule has 8 nitrogen and oxygen atoms in total. The van der Waals surface area contributed by atoms with Gasteiger partial charge in [0.15, 0.2) is 0 Å². The van der Waals surface area contributed by atoms with E-state index in [1.807, 2.05) is 0 Å². The van der Waals surface area contributed by atoms with Crippen molar-refractivity contribution in [1.29, 1.82) is 0 Å². The van der Waals surface area contributed by atoms with Gasteiger partial charge in [-0.1, -0.05) is 90.2 Å². The highest BCUT2D eigenvalue weighted by Crippen LogP contribution is 2.14. The van der Waals surface area contributed by atoms with Gasteiger partial charge in [-0.3, -0.25) is 9.59 Å². The van der Waals surface area contributed by atoms with Crippen molar-refractivity contribution >= 4 is 23.9 Å². The Kier molecular flexibility index (Phi) is 22.6. The monoisotopic (exact) mass is 536 g/mol. The topological polar surface area (TPSA) is 127 Å². The summed E-state index contributed by atoms with van der Waals surface area (Å²) in [6.07, 6.45) is 14.6. The fraction of sp³-hybridized carbons (Fsp3) is 0.667. The highest BCUT2D eigenvalue weighted by molar-refractivity contribution is 6.03. The third-order valence-electron chi connectivity index (χ3n) is 5.86. The molecule has 0 heterocycles. The number of hydrogen-bond donors (Lipinski definition) is 2. The molecule has 0 saturated heterocycles. The Hall–Kier alpha value is -2.90. The van der Waals surface area contributed by atoms with Crippen molar-refractivity contribution in [2.75, 3.05) is 13.2 Å². The van der Waals surface area contributed by atoms with Gasteiger partial charge in [0.1, 0.15) is 0 Å². The van der Waals surface area contributed by atoms with E-state index in [1.165, 1.54) is 51.4 Å². The average molecular weight is 537 g/mol. The molecule has 0 atom stereocenters. The number of esters is 2. The van der Waals surface area contributed by atoms with Crippen LogP contribution in [0.3, 0.4) is 0 Å². The molecule has 0 unspecified atom stereocenters. The number of hydrogen-bond acceptors (Lipinski definition) is 6. The molecule has 2 N–H and O–H groups in total. The van der Waals surface area contributed by atoms with Crippen LogP contribution in [-0.4, -0.2) is 47.3 Å². The van der Waals surface area contributed by atoms with Gasteiger partial charge in [-0.05, 0) is 37.8 Å². The molecule has 0 aliphatic rings. The van der Waals surface area contributed by atoms with Crippen molar-refractivity contribution in [2.45, 2.75) is 117 Å². The number of rotatable bonds is 21. The summed E-state index contributed by atoms with van der Waals surface area (Å²) in [7, 11) is 0. The lowest BCUT2D eigenvalue weighted by Crippen LogP contribution is -2.15. The number of carboxylic acid groups (broad SMARTS) is 2. The summed E-state index contributed by atoms with van der Waals surface area (Å²) in [4.78, 5) is 44.5. The minimum absolute atomic E-state index is 0.0628. The van der Waals surface area contributed by atoms with E-state index >= 15 is 0 Å². The van der Waals surface area contributed by atoms with Crippen LogP contribution >= 0.6 is 0 Å². The first-order valence-electron chi connectivity index (χ1n) is 14.2. The van der Waals surface area contributed by atoms with Crippen LogP contribution < -0.4 is 0 Å². The van der Waals surface area contributed by atoms with E-state index in [9.17, 15) is 19.2 Å². The van der Waals surface area contributed by atoms with E-state index < -0.39 is 23.9 Å². The van der Waals surface area contributed by atoms with Crippen molar-refractivity contribution in [2.24, 2.45) is 0 Å². The summed E-state index contributed by atoms with van der Waals surface area (Å²) in [5.74, 6) is -2.63. The molecule has 0 fully saturated rings. The van der Waals surface area contributed by atoms with Crippen LogP contribution in [0.2, 0.25) is 0 Å². The molecule has 0 bridgehead atoms. The minimum Gasteiger partial charge on any atom is -0.481 e. The molecule has 1 rings (SSSR count). The van der Waals surface area contributed by atoms with Gasteiger partial charge < -0.3 is 19.7 Å². The highest BCUT2D eigenvalue weighted by Gasteiger charge is 2.18. The molecule has 0 spiro atoms. The molecule has 38 heavy (non-hydrogen) atoms. The fourth-order valence-electron chi connectivity index (χ4n) is 3.64. The largest absolute Gasteiger partial charge is 0.481 e. The van der Waals surface area contributed by atoms with E-state index in [0.29, 0.717) is 37.2 Å². The van der Waals surface area contributed by atoms with Gasteiger partial charge in [-0.2, -0.15) is 0 Å². The van der Waals surface area contributed by atoms with Crippen LogP contribution in [0.15, 0.2) is 24.3 Å². The lowest BCUT2D eigenvalue weighted by atomic mass is 10.1. The van der Waals surface area contributed by atoms with E-state index in [0.717, 1.165) is 25.7 Å². The van der Waals surface area contributed by atoms with Gasteiger partial charge >= 0.3 is 23.9 Å².